The van der Waals surface area contributed by atoms with Gasteiger partial charge in [0.1, 0.15) is 5.75 Å². The van der Waals surface area contributed by atoms with E-state index in [1.807, 2.05) is 4.90 Å². The maximum absolute atomic E-state index is 12.4. The molecule has 1 aromatic carbocycles. The Morgan fingerprint density at radius 1 is 1.29 bits per heavy atom. The van der Waals surface area contributed by atoms with E-state index in [9.17, 15) is 9.59 Å². The van der Waals surface area contributed by atoms with Gasteiger partial charge in [0, 0.05) is 37.9 Å². The SMILES string of the molecule is COc1ccc(C(=O)N2CCN(CC(=O)O)CC2)c(N)c1. The van der Waals surface area contributed by atoms with E-state index in [1.54, 1.807) is 23.1 Å². The van der Waals surface area contributed by atoms with Crippen molar-refractivity contribution in [1.29, 1.82) is 0 Å². The second-order valence-electron chi connectivity index (χ2n) is 4.92. The third-order valence-electron chi connectivity index (χ3n) is 3.51. The first-order valence-corrected chi connectivity index (χ1v) is 6.68. The lowest BCUT2D eigenvalue weighted by Gasteiger charge is -2.34. The van der Waals surface area contributed by atoms with Gasteiger partial charge in [-0.25, -0.2) is 0 Å². The van der Waals surface area contributed by atoms with E-state index in [1.165, 1.54) is 7.11 Å². The fourth-order valence-corrected chi connectivity index (χ4v) is 2.33. The van der Waals surface area contributed by atoms with Crippen LogP contribution in [-0.2, 0) is 4.79 Å². The highest BCUT2D eigenvalue weighted by Gasteiger charge is 2.24. The summed E-state index contributed by atoms with van der Waals surface area (Å²) in [4.78, 5) is 26.6. The number of hydrogen-bond donors (Lipinski definition) is 2. The molecule has 0 aromatic heterocycles. The largest absolute Gasteiger partial charge is 0.497 e. The smallest absolute Gasteiger partial charge is 0.317 e. The van der Waals surface area contributed by atoms with Crippen LogP contribution in [0.2, 0.25) is 0 Å². The minimum absolute atomic E-state index is 0.00665. The van der Waals surface area contributed by atoms with Crippen molar-refractivity contribution in [2.24, 2.45) is 0 Å². The number of rotatable bonds is 4. The quantitative estimate of drug-likeness (QED) is 0.766. The van der Waals surface area contributed by atoms with Gasteiger partial charge in [-0.15, -0.1) is 0 Å². The normalized spacial score (nSPS) is 15.8. The summed E-state index contributed by atoms with van der Waals surface area (Å²) < 4.78 is 5.06. The fraction of sp³-hybridized carbons (Fsp3) is 0.429. The van der Waals surface area contributed by atoms with Crippen molar-refractivity contribution in [3.63, 3.8) is 0 Å². The molecule has 114 valence electrons. The zero-order chi connectivity index (χ0) is 15.4. The molecule has 1 fully saturated rings. The number of methoxy groups -OCH3 is 1. The van der Waals surface area contributed by atoms with Gasteiger partial charge in [-0.3, -0.25) is 14.5 Å². The van der Waals surface area contributed by atoms with Crippen LogP contribution in [0, 0.1) is 0 Å². The molecule has 0 unspecified atom stereocenters. The lowest BCUT2D eigenvalue weighted by Crippen LogP contribution is -2.50. The summed E-state index contributed by atoms with van der Waals surface area (Å²) in [5.74, 6) is -0.380. The van der Waals surface area contributed by atoms with Crippen LogP contribution < -0.4 is 10.5 Å². The van der Waals surface area contributed by atoms with Gasteiger partial charge in [-0.1, -0.05) is 0 Å². The summed E-state index contributed by atoms with van der Waals surface area (Å²) in [7, 11) is 1.54. The van der Waals surface area contributed by atoms with Crippen LogP contribution in [0.25, 0.3) is 0 Å². The first-order valence-electron chi connectivity index (χ1n) is 6.68. The van der Waals surface area contributed by atoms with E-state index in [0.29, 0.717) is 43.2 Å². The standard InChI is InChI=1S/C14H19N3O4/c1-21-10-2-3-11(12(15)8-10)14(20)17-6-4-16(5-7-17)9-13(18)19/h2-3,8H,4-7,9,15H2,1H3,(H,18,19). The number of carbonyl (C=O) groups is 2. The van der Waals surface area contributed by atoms with E-state index in [2.05, 4.69) is 0 Å². The van der Waals surface area contributed by atoms with Gasteiger partial charge in [0.15, 0.2) is 0 Å². The summed E-state index contributed by atoms with van der Waals surface area (Å²) >= 11 is 0. The molecular formula is C14H19N3O4. The van der Waals surface area contributed by atoms with Crippen LogP contribution in [0.3, 0.4) is 0 Å². The molecule has 0 radical (unpaired) electrons. The molecular weight excluding hydrogens is 274 g/mol. The first kappa shape index (κ1) is 15.1. The molecule has 7 heteroatoms. The maximum Gasteiger partial charge on any atom is 0.317 e. The van der Waals surface area contributed by atoms with Gasteiger partial charge in [0.2, 0.25) is 0 Å². The zero-order valence-corrected chi connectivity index (χ0v) is 11.9. The Hall–Kier alpha value is -2.28. The number of benzene rings is 1. The number of amides is 1. The fourth-order valence-electron chi connectivity index (χ4n) is 2.33. The van der Waals surface area contributed by atoms with Crippen molar-refractivity contribution in [3.8, 4) is 5.75 Å². The highest BCUT2D eigenvalue weighted by atomic mass is 16.5. The lowest BCUT2D eigenvalue weighted by molar-refractivity contribution is -0.138. The first-order chi connectivity index (χ1) is 10.0. The molecule has 0 bridgehead atoms. The van der Waals surface area contributed by atoms with Crippen molar-refractivity contribution in [1.82, 2.24) is 9.80 Å². The molecule has 1 saturated heterocycles. The average Bonchev–Trinajstić information content (AvgIpc) is 2.46. The van der Waals surface area contributed by atoms with Crippen LogP contribution in [0.1, 0.15) is 10.4 Å². The third kappa shape index (κ3) is 3.63. The van der Waals surface area contributed by atoms with Gasteiger partial charge in [0.05, 0.1) is 19.2 Å². The summed E-state index contributed by atoms with van der Waals surface area (Å²) in [5.41, 5.74) is 6.71. The minimum atomic E-state index is -0.853. The van der Waals surface area contributed by atoms with Crippen LogP contribution in [0.4, 0.5) is 5.69 Å². The minimum Gasteiger partial charge on any atom is -0.497 e. The van der Waals surface area contributed by atoms with Crippen LogP contribution in [-0.4, -0.2) is 66.6 Å². The molecule has 21 heavy (non-hydrogen) atoms. The summed E-state index contributed by atoms with van der Waals surface area (Å²) in [5, 5.41) is 8.75. The Labute approximate surface area is 122 Å². The number of carboxylic acid groups (broad SMARTS) is 1. The Morgan fingerprint density at radius 3 is 2.48 bits per heavy atom. The van der Waals surface area contributed by atoms with E-state index in [0.717, 1.165) is 0 Å². The highest BCUT2D eigenvalue weighted by molar-refractivity contribution is 5.99. The molecule has 1 aliphatic heterocycles. The number of aliphatic carboxylic acids is 1. The molecule has 1 aromatic rings. The van der Waals surface area contributed by atoms with Crippen molar-refractivity contribution in [2.75, 3.05) is 45.6 Å². The highest BCUT2D eigenvalue weighted by Crippen LogP contribution is 2.21. The van der Waals surface area contributed by atoms with Gasteiger partial charge in [-0.2, -0.15) is 0 Å². The predicted octanol–water partition coefficient (Wildman–Crippen LogP) is 0.120. The molecule has 1 heterocycles. The Kier molecular flexibility index (Phi) is 4.64. The number of anilines is 1. The summed E-state index contributed by atoms with van der Waals surface area (Å²) in [6.45, 7) is 2.10. The van der Waals surface area contributed by atoms with E-state index >= 15 is 0 Å². The van der Waals surface area contributed by atoms with Crippen molar-refractivity contribution >= 4 is 17.6 Å². The Balaban J connectivity index is 2.00. The monoisotopic (exact) mass is 293 g/mol. The number of ether oxygens (including phenoxy) is 1. The van der Waals surface area contributed by atoms with Gasteiger partial charge >= 0.3 is 5.97 Å². The van der Waals surface area contributed by atoms with Crippen molar-refractivity contribution in [2.45, 2.75) is 0 Å². The predicted molar refractivity (Wildman–Crippen MR) is 77.4 cm³/mol. The lowest BCUT2D eigenvalue weighted by atomic mass is 10.1. The third-order valence-corrected chi connectivity index (χ3v) is 3.51. The van der Waals surface area contributed by atoms with Crippen LogP contribution in [0.5, 0.6) is 5.75 Å². The van der Waals surface area contributed by atoms with E-state index < -0.39 is 5.97 Å². The van der Waals surface area contributed by atoms with Gasteiger partial charge in [-0.05, 0) is 12.1 Å². The van der Waals surface area contributed by atoms with Crippen LogP contribution in [0.15, 0.2) is 18.2 Å². The van der Waals surface area contributed by atoms with Crippen molar-refractivity contribution in [3.05, 3.63) is 23.8 Å². The molecule has 1 amide bonds. The Bertz CT molecular complexity index is 539. The average molecular weight is 293 g/mol. The van der Waals surface area contributed by atoms with Crippen LogP contribution >= 0.6 is 0 Å². The number of hydrogen-bond acceptors (Lipinski definition) is 5. The molecule has 2 rings (SSSR count). The summed E-state index contributed by atoms with van der Waals surface area (Å²) in [6, 6.07) is 4.97. The molecule has 0 atom stereocenters. The second-order valence-corrected chi connectivity index (χ2v) is 4.92. The van der Waals surface area contributed by atoms with Gasteiger partial charge in [0.25, 0.3) is 5.91 Å². The number of carbonyl (C=O) groups excluding carboxylic acids is 1. The molecule has 7 nitrogen and oxygen atoms in total. The number of nitrogens with two attached hydrogens (primary N) is 1. The number of carboxylic acids is 1. The molecule has 0 spiro atoms. The number of nitrogens with zero attached hydrogens (tertiary/aromatic N) is 2. The topological polar surface area (TPSA) is 96.1 Å². The van der Waals surface area contributed by atoms with Crippen molar-refractivity contribution < 1.29 is 19.4 Å². The zero-order valence-electron chi connectivity index (χ0n) is 11.9. The van der Waals surface area contributed by atoms with E-state index in [-0.39, 0.29) is 12.5 Å². The maximum atomic E-state index is 12.4. The van der Waals surface area contributed by atoms with E-state index in [4.69, 9.17) is 15.6 Å². The molecule has 3 N–H and O–H groups in total. The summed E-state index contributed by atoms with van der Waals surface area (Å²) in [6.07, 6.45) is 0. The molecule has 1 aliphatic rings. The van der Waals surface area contributed by atoms with Gasteiger partial charge < -0.3 is 20.5 Å². The molecule has 0 aliphatic carbocycles. The number of piperazine rings is 1. The molecule has 0 saturated carbocycles. The number of nitrogen functional groups attached to an aromatic ring is 1. The Morgan fingerprint density at radius 2 is 1.95 bits per heavy atom. The second kappa shape index (κ2) is 6.45.